The van der Waals surface area contributed by atoms with Gasteiger partial charge in [0.15, 0.2) is 5.96 Å². The number of hydrogen-bond donors (Lipinski definition) is 3. The van der Waals surface area contributed by atoms with E-state index >= 15 is 0 Å². The van der Waals surface area contributed by atoms with Gasteiger partial charge >= 0.3 is 0 Å². The summed E-state index contributed by atoms with van der Waals surface area (Å²) in [6.45, 7) is 1.72. The van der Waals surface area contributed by atoms with Crippen molar-refractivity contribution in [3.63, 3.8) is 0 Å². The standard InChI is InChI=1S/C18H21ClN4O.HI/c1-20-18(23-13-14-7-3-2-4-8-14)22-12-11-21-17(24)15-9-5-6-10-16(15)19;/h2-10H,11-13H2,1H3,(H,21,24)(H2,20,22,23);1H. The Bertz CT molecular complexity index is 694. The van der Waals surface area contributed by atoms with Crippen LogP contribution >= 0.6 is 35.6 Å². The number of carbonyl (C=O) groups is 1. The summed E-state index contributed by atoms with van der Waals surface area (Å²) in [5, 5.41) is 9.64. The van der Waals surface area contributed by atoms with E-state index in [-0.39, 0.29) is 29.9 Å². The Morgan fingerprint density at radius 1 is 0.960 bits per heavy atom. The number of guanidine groups is 1. The highest BCUT2D eigenvalue weighted by atomic mass is 127. The first-order valence-electron chi connectivity index (χ1n) is 7.72. The van der Waals surface area contributed by atoms with Crippen molar-refractivity contribution in [1.82, 2.24) is 16.0 Å². The molecule has 0 spiro atoms. The molecule has 0 radical (unpaired) electrons. The molecule has 0 aliphatic heterocycles. The largest absolute Gasteiger partial charge is 0.355 e. The maximum absolute atomic E-state index is 12.0. The van der Waals surface area contributed by atoms with Gasteiger partial charge in [0.25, 0.3) is 5.91 Å². The number of amides is 1. The quantitative estimate of drug-likeness (QED) is 0.262. The van der Waals surface area contributed by atoms with Gasteiger partial charge in [-0.25, -0.2) is 0 Å². The van der Waals surface area contributed by atoms with E-state index in [0.717, 1.165) is 0 Å². The van der Waals surface area contributed by atoms with Crippen molar-refractivity contribution in [3.8, 4) is 0 Å². The van der Waals surface area contributed by atoms with Crippen LogP contribution in [0, 0.1) is 0 Å². The van der Waals surface area contributed by atoms with Crippen LogP contribution in [-0.4, -0.2) is 32.0 Å². The first-order chi connectivity index (χ1) is 11.7. The van der Waals surface area contributed by atoms with Gasteiger partial charge < -0.3 is 16.0 Å². The number of nitrogens with zero attached hydrogens (tertiary/aromatic N) is 1. The molecular formula is C18H22ClIN4O. The Morgan fingerprint density at radius 3 is 2.28 bits per heavy atom. The third kappa shape index (κ3) is 7.31. The molecule has 0 atom stereocenters. The Labute approximate surface area is 170 Å². The van der Waals surface area contributed by atoms with Gasteiger partial charge in [-0.2, -0.15) is 0 Å². The number of carbonyl (C=O) groups excluding carboxylic acids is 1. The van der Waals surface area contributed by atoms with Gasteiger partial charge in [-0.05, 0) is 17.7 Å². The second-order valence-corrected chi connectivity index (χ2v) is 5.48. The summed E-state index contributed by atoms with van der Waals surface area (Å²) in [5.74, 6) is 0.500. The van der Waals surface area contributed by atoms with Crippen LogP contribution in [0.4, 0.5) is 0 Å². The minimum atomic E-state index is -0.186. The lowest BCUT2D eigenvalue weighted by Gasteiger charge is -2.12. The van der Waals surface area contributed by atoms with Crippen LogP contribution in [0.2, 0.25) is 5.02 Å². The van der Waals surface area contributed by atoms with Gasteiger partial charge in [0.1, 0.15) is 0 Å². The van der Waals surface area contributed by atoms with E-state index in [2.05, 4.69) is 20.9 Å². The van der Waals surface area contributed by atoms with Crippen molar-refractivity contribution in [2.75, 3.05) is 20.1 Å². The van der Waals surface area contributed by atoms with Crippen LogP contribution in [0.1, 0.15) is 15.9 Å². The summed E-state index contributed by atoms with van der Waals surface area (Å²) >= 11 is 6.00. The molecule has 2 aromatic carbocycles. The molecule has 1 amide bonds. The Kier molecular flexibility index (Phi) is 9.94. The Hall–Kier alpha value is -1.80. The third-order valence-electron chi connectivity index (χ3n) is 3.35. The zero-order chi connectivity index (χ0) is 17.2. The van der Waals surface area contributed by atoms with Gasteiger partial charge in [0.05, 0.1) is 10.6 Å². The van der Waals surface area contributed by atoms with Crippen LogP contribution in [0.25, 0.3) is 0 Å². The van der Waals surface area contributed by atoms with Gasteiger partial charge in [0, 0.05) is 26.7 Å². The molecule has 0 saturated carbocycles. The Balaban J connectivity index is 0.00000312. The molecule has 0 heterocycles. The number of aliphatic imine (C=N–C) groups is 1. The first kappa shape index (κ1) is 21.2. The fraction of sp³-hybridized carbons (Fsp3) is 0.222. The molecule has 25 heavy (non-hydrogen) atoms. The SMILES string of the molecule is CN=C(NCCNC(=O)c1ccccc1Cl)NCc1ccccc1.I. The van der Waals surface area contributed by atoms with Crippen molar-refractivity contribution < 1.29 is 4.79 Å². The maximum atomic E-state index is 12.0. The summed E-state index contributed by atoms with van der Waals surface area (Å²) in [4.78, 5) is 16.2. The average molecular weight is 473 g/mol. The summed E-state index contributed by atoms with van der Waals surface area (Å²) in [6.07, 6.45) is 0. The van der Waals surface area contributed by atoms with Gasteiger partial charge in [-0.3, -0.25) is 9.79 Å². The molecule has 0 bridgehead atoms. The topological polar surface area (TPSA) is 65.5 Å². The minimum absolute atomic E-state index is 0. The normalized spacial score (nSPS) is 10.6. The second-order valence-electron chi connectivity index (χ2n) is 5.07. The molecule has 2 aromatic rings. The molecule has 7 heteroatoms. The number of hydrogen-bond acceptors (Lipinski definition) is 2. The van der Waals surface area contributed by atoms with Crippen LogP contribution < -0.4 is 16.0 Å². The number of rotatable bonds is 6. The average Bonchev–Trinajstić information content (AvgIpc) is 2.62. The zero-order valence-electron chi connectivity index (χ0n) is 14.0. The molecule has 5 nitrogen and oxygen atoms in total. The minimum Gasteiger partial charge on any atom is -0.355 e. The summed E-state index contributed by atoms with van der Waals surface area (Å²) in [5.41, 5.74) is 1.65. The molecule has 0 saturated heterocycles. The highest BCUT2D eigenvalue weighted by Crippen LogP contribution is 2.14. The Morgan fingerprint density at radius 2 is 1.60 bits per heavy atom. The number of halogens is 2. The van der Waals surface area contributed by atoms with E-state index in [9.17, 15) is 4.79 Å². The van der Waals surface area contributed by atoms with E-state index < -0.39 is 0 Å². The lowest BCUT2D eigenvalue weighted by atomic mass is 10.2. The highest BCUT2D eigenvalue weighted by molar-refractivity contribution is 14.0. The summed E-state index contributed by atoms with van der Waals surface area (Å²) in [7, 11) is 1.71. The van der Waals surface area contributed by atoms with Gasteiger partial charge in [0.2, 0.25) is 0 Å². The molecule has 0 aliphatic rings. The molecule has 0 unspecified atom stereocenters. The molecule has 2 rings (SSSR count). The molecule has 0 aliphatic carbocycles. The zero-order valence-corrected chi connectivity index (χ0v) is 17.0. The predicted molar refractivity (Wildman–Crippen MR) is 114 cm³/mol. The van der Waals surface area contributed by atoms with Crippen molar-refractivity contribution in [1.29, 1.82) is 0 Å². The van der Waals surface area contributed by atoms with E-state index in [4.69, 9.17) is 11.6 Å². The first-order valence-corrected chi connectivity index (χ1v) is 8.09. The van der Waals surface area contributed by atoms with Crippen molar-refractivity contribution in [3.05, 3.63) is 70.7 Å². The summed E-state index contributed by atoms with van der Waals surface area (Å²) < 4.78 is 0. The predicted octanol–water partition coefficient (Wildman–Crippen LogP) is 3.05. The highest BCUT2D eigenvalue weighted by Gasteiger charge is 2.08. The van der Waals surface area contributed by atoms with Crippen molar-refractivity contribution in [2.45, 2.75) is 6.54 Å². The maximum Gasteiger partial charge on any atom is 0.252 e. The van der Waals surface area contributed by atoms with E-state index in [1.54, 1.807) is 31.3 Å². The molecule has 3 N–H and O–H groups in total. The lowest BCUT2D eigenvalue weighted by Crippen LogP contribution is -2.41. The van der Waals surface area contributed by atoms with Crippen LogP contribution in [-0.2, 0) is 6.54 Å². The van der Waals surface area contributed by atoms with Crippen molar-refractivity contribution in [2.24, 2.45) is 4.99 Å². The van der Waals surface area contributed by atoms with E-state index in [0.29, 0.717) is 36.2 Å². The lowest BCUT2D eigenvalue weighted by molar-refractivity contribution is 0.0954. The van der Waals surface area contributed by atoms with Crippen molar-refractivity contribution >= 4 is 47.4 Å². The monoisotopic (exact) mass is 472 g/mol. The summed E-state index contributed by atoms with van der Waals surface area (Å²) in [6, 6.07) is 17.0. The van der Waals surface area contributed by atoms with Crippen LogP contribution in [0.5, 0.6) is 0 Å². The van der Waals surface area contributed by atoms with Crippen LogP contribution in [0.15, 0.2) is 59.6 Å². The van der Waals surface area contributed by atoms with Gasteiger partial charge in [-0.15, -0.1) is 24.0 Å². The number of nitrogens with one attached hydrogen (secondary N) is 3. The second kappa shape index (κ2) is 11.7. The molecule has 0 aromatic heterocycles. The molecule has 0 fully saturated rings. The third-order valence-corrected chi connectivity index (χ3v) is 3.68. The smallest absolute Gasteiger partial charge is 0.252 e. The van der Waals surface area contributed by atoms with Gasteiger partial charge in [-0.1, -0.05) is 54.1 Å². The van der Waals surface area contributed by atoms with E-state index in [1.807, 2.05) is 30.3 Å². The number of benzene rings is 2. The fourth-order valence-corrected chi connectivity index (χ4v) is 2.32. The molecular weight excluding hydrogens is 451 g/mol. The van der Waals surface area contributed by atoms with E-state index in [1.165, 1.54) is 5.56 Å². The molecule has 134 valence electrons. The van der Waals surface area contributed by atoms with Crippen LogP contribution in [0.3, 0.4) is 0 Å². The fourth-order valence-electron chi connectivity index (χ4n) is 2.10.